The first-order valence-corrected chi connectivity index (χ1v) is 4.56. The van der Waals surface area contributed by atoms with Crippen molar-refractivity contribution in [3.63, 3.8) is 0 Å². The van der Waals surface area contributed by atoms with Gasteiger partial charge in [-0.3, -0.25) is 5.84 Å². The monoisotopic (exact) mass is 171 g/mol. The van der Waals surface area contributed by atoms with Crippen LogP contribution in [-0.2, 0) is 0 Å². The summed E-state index contributed by atoms with van der Waals surface area (Å²) in [5.41, 5.74) is 6.02. The molecule has 3 heteroatoms. The standard InChI is InChI=1S/C9H21N3/c1-8(2)5-7(10)6-9(3,4)12(8)11/h7H,5-6,10-11H2,1-4H3. The molecule has 3 nitrogen and oxygen atoms in total. The fourth-order valence-electron chi connectivity index (χ4n) is 2.37. The van der Waals surface area contributed by atoms with E-state index in [9.17, 15) is 0 Å². The van der Waals surface area contributed by atoms with Crippen molar-refractivity contribution in [3.8, 4) is 0 Å². The van der Waals surface area contributed by atoms with Crippen LogP contribution in [0.2, 0.25) is 0 Å². The van der Waals surface area contributed by atoms with Crippen molar-refractivity contribution in [1.29, 1.82) is 0 Å². The maximum atomic E-state index is 6.03. The number of rotatable bonds is 0. The van der Waals surface area contributed by atoms with E-state index < -0.39 is 0 Å². The van der Waals surface area contributed by atoms with Crippen LogP contribution < -0.4 is 11.6 Å². The minimum absolute atomic E-state index is 0.0289. The first-order chi connectivity index (χ1) is 5.26. The van der Waals surface area contributed by atoms with Gasteiger partial charge in [-0.15, -0.1) is 0 Å². The molecule has 1 rings (SSSR count). The van der Waals surface area contributed by atoms with Crippen LogP contribution in [0, 0.1) is 0 Å². The van der Waals surface area contributed by atoms with Crippen LogP contribution in [0.1, 0.15) is 40.5 Å². The molecule has 4 N–H and O–H groups in total. The van der Waals surface area contributed by atoms with Gasteiger partial charge in [-0.25, -0.2) is 5.01 Å². The van der Waals surface area contributed by atoms with Gasteiger partial charge in [0.05, 0.1) is 0 Å². The summed E-state index contributed by atoms with van der Waals surface area (Å²) in [5.74, 6) is 6.03. The molecule has 12 heavy (non-hydrogen) atoms. The molecule has 1 aliphatic heterocycles. The topological polar surface area (TPSA) is 55.3 Å². The van der Waals surface area contributed by atoms with Crippen LogP contribution in [0.5, 0.6) is 0 Å². The van der Waals surface area contributed by atoms with Crippen molar-refractivity contribution in [1.82, 2.24) is 5.01 Å². The van der Waals surface area contributed by atoms with Gasteiger partial charge in [0.25, 0.3) is 0 Å². The summed E-state index contributed by atoms with van der Waals surface area (Å²) in [4.78, 5) is 0. The second-order valence-electron chi connectivity index (χ2n) is 5.16. The van der Waals surface area contributed by atoms with E-state index in [1.54, 1.807) is 0 Å². The molecule has 0 spiro atoms. The van der Waals surface area contributed by atoms with E-state index in [0.29, 0.717) is 0 Å². The van der Waals surface area contributed by atoms with Crippen LogP contribution in [0.25, 0.3) is 0 Å². The molecule has 0 amide bonds. The predicted octanol–water partition coefficient (Wildman–Crippen LogP) is 0.840. The van der Waals surface area contributed by atoms with Crippen molar-refractivity contribution in [3.05, 3.63) is 0 Å². The Bertz CT molecular complexity index is 157. The molecule has 0 aromatic rings. The van der Waals surface area contributed by atoms with Crippen LogP contribution in [0.3, 0.4) is 0 Å². The van der Waals surface area contributed by atoms with Crippen molar-refractivity contribution in [2.45, 2.75) is 57.7 Å². The zero-order chi connectivity index (χ0) is 9.57. The van der Waals surface area contributed by atoms with Gasteiger partial charge in [-0.2, -0.15) is 0 Å². The van der Waals surface area contributed by atoms with Crippen LogP contribution in [0.15, 0.2) is 0 Å². The van der Waals surface area contributed by atoms with E-state index in [1.165, 1.54) is 0 Å². The molecule has 1 aliphatic rings. The lowest BCUT2D eigenvalue weighted by Gasteiger charge is -2.52. The van der Waals surface area contributed by atoms with E-state index in [-0.39, 0.29) is 17.1 Å². The van der Waals surface area contributed by atoms with Gasteiger partial charge in [-0.1, -0.05) is 0 Å². The third-order valence-corrected chi connectivity index (χ3v) is 2.83. The van der Waals surface area contributed by atoms with Crippen molar-refractivity contribution in [2.75, 3.05) is 0 Å². The van der Waals surface area contributed by atoms with E-state index in [4.69, 9.17) is 11.6 Å². The molecular weight excluding hydrogens is 150 g/mol. The second kappa shape index (κ2) is 2.69. The quantitative estimate of drug-likeness (QED) is 0.531. The largest absolute Gasteiger partial charge is 0.328 e. The lowest BCUT2D eigenvalue weighted by molar-refractivity contribution is -0.0359. The van der Waals surface area contributed by atoms with Gasteiger partial charge >= 0.3 is 0 Å². The SMILES string of the molecule is CC1(C)CC(N)CC(C)(C)N1N. The first-order valence-electron chi connectivity index (χ1n) is 4.56. The third-order valence-electron chi connectivity index (χ3n) is 2.83. The Kier molecular flexibility index (Phi) is 2.23. The highest BCUT2D eigenvalue weighted by Crippen LogP contribution is 2.34. The molecule has 0 aliphatic carbocycles. The zero-order valence-electron chi connectivity index (χ0n) is 8.59. The molecule has 0 saturated carbocycles. The number of hydrazine groups is 1. The summed E-state index contributed by atoms with van der Waals surface area (Å²) in [6.07, 6.45) is 1.96. The summed E-state index contributed by atoms with van der Waals surface area (Å²) in [6.45, 7) is 8.59. The fourth-order valence-corrected chi connectivity index (χ4v) is 2.37. The molecule has 0 unspecified atom stereocenters. The molecule has 1 heterocycles. The second-order valence-corrected chi connectivity index (χ2v) is 5.16. The Morgan fingerprint density at radius 2 is 1.42 bits per heavy atom. The molecular formula is C9H21N3. The Morgan fingerprint density at radius 3 is 1.75 bits per heavy atom. The fraction of sp³-hybridized carbons (Fsp3) is 1.00. The zero-order valence-corrected chi connectivity index (χ0v) is 8.59. The Labute approximate surface area is 75.1 Å². The van der Waals surface area contributed by atoms with E-state index in [1.807, 2.05) is 5.01 Å². The molecule has 0 radical (unpaired) electrons. The summed E-state index contributed by atoms with van der Waals surface area (Å²) in [5, 5.41) is 1.95. The van der Waals surface area contributed by atoms with Crippen molar-refractivity contribution >= 4 is 0 Å². The minimum atomic E-state index is 0.0289. The first kappa shape index (κ1) is 9.96. The Hall–Kier alpha value is -0.120. The van der Waals surface area contributed by atoms with Crippen LogP contribution in [-0.4, -0.2) is 22.1 Å². The van der Waals surface area contributed by atoms with Gasteiger partial charge in [0.2, 0.25) is 0 Å². The highest BCUT2D eigenvalue weighted by Gasteiger charge is 2.42. The highest BCUT2D eigenvalue weighted by atomic mass is 15.5. The number of nitrogens with two attached hydrogens (primary N) is 2. The predicted molar refractivity (Wildman–Crippen MR) is 51.4 cm³/mol. The van der Waals surface area contributed by atoms with Crippen LogP contribution >= 0.6 is 0 Å². The number of hydrogen-bond donors (Lipinski definition) is 2. The molecule has 72 valence electrons. The van der Waals surface area contributed by atoms with E-state index in [2.05, 4.69) is 27.7 Å². The normalized spacial score (nSPS) is 30.5. The number of piperidine rings is 1. The average Bonchev–Trinajstić information content (AvgIpc) is 1.80. The van der Waals surface area contributed by atoms with E-state index in [0.717, 1.165) is 12.8 Å². The van der Waals surface area contributed by atoms with Crippen LogP contribution in [0.4, 0.5) is 0 Å². The maximum absolute atomic E-state index is 6.03. The highest BCUT2D eigenvalue weighted by molar-refractivity contribution is 4.98. The van der Waals surface area contributed by atoms with Gasteiger partial charge in [-0.05, 0) is 40.5 Å². The van der Waals surface area contributed by atoms with Gasteiger partial charge in [0.15, 0.2) is 0 Å². The minimum Gasteiger partial charge on any atom is -0.328 e. The van der Waals surface area contributed by atoms with E-state index >= 15 is 0 Å². The smallest absolute Gasteiger partial charge is 0.0316 e. The summed E-state index contributed by atoms with van der Waals surface area (Å²) in [6, 6.07) is 0.287. The molecule has 0 bridgehead atoms. The summed E-state index contributed by atoms with van der Waals surface area (Å²) in [7, 11) is 0. The van der Waals surface area contributed by atoms with Crippen molar-refractivity contribution in [2.24, 2.45) is 11.6 Å². The average molecular weight is 171 g/mol. The number of nitrogens with zero attached hydrogens (tertiary/aromatic N) is 1. The Morgan fingerprint density at radius 1 is 1.08 bits per heavy atom. The van der Waals surface area contributed by atoms with Crippen molar-refractivity contribution < 1.29 is 0 Å². The summed E-state index contributed by atoms with van der Waals surface area (Å²) < 4.78 is 0. The molecule has 0 atom stereocenters. The summed E-state index contributed by atoms with van der Waals surface area (Å²) >= 11 is 0. The lowest BCUT2D eigenvalue weighted by Crippen LogP contribution is -2.66. The molecule has 1 fully saturated rings. The van der Waals surface area contributed by atoms with Gasteiger partial charge in [0, 0.05) is 17.1 Å². The van der Waals surface area contributed by atoms with Gasteiger partial charge < -0.3 is 5.73 Å². The Balaban J connectivity index is 2.84. The maximum Gasteiger partial charge on any atom is 0.0316 e. The molecule has 0 aromatic heterocycles. The number of hydrogen-bond acceptors (Lipinski definition) is 3. The third kappa shape index (κ3) is 1.63. The molecule has 1 saturated heterocycles. The molecule has 0 aromatic carbocycles. The lowest BCUT2D eigenvalue weighted by atomic mass is 9.79. The van der Waals surface area contributed by atoms with Gasteiger partial charge in [0.1, 0.15) is 0 Å².